The molecule has 1 rings (SSSR count). The molecule has 2 N–H and O–H groups in total. The maximum atomic E-state index is 9.55. The highest BCUT2D eigenvalue weighted by Crippen LogP contribution is 2.26. The van der Waals surface area contributed by atoms with Gasteiger partial charge in [0.05, 0.1) is 6.04 Å². The van der Waals surface area contributed by atoms with Crippen molar-refractivity contribution in [2.45, 2.75) is 53.0 Å². The molecule has 104 valence electrons. The van der Waals surface area contributed by atoms with Crippen LogP contribution in [-0.4, -0.2) is 23.2 Å². The van der Waals surface area contributed by atoms with E-state index in [-0.39, 0.29) is 18.1 Å². The first kappa shape index (κ1) is 15.6. The van der Waals surface area contributed by atoms with Crippen LogP contribution in [0.5, 0.6) is 0 Å². The number of nitrogens with one attached hydrogen (secondary N) is 1. The Kier molecular flexibility index (Phi) is 6.26. The van der Waals surface area contributed by atoms with Gasteiger partial charge in [-0.2, -0.15) is 0 Å². The third-order valence-electron chi connectivity index (χ3n) is 3.91. The second-order valence-corrected chi connectivity index (χ2v) is 6.13. The summed E-state index contributed by atoms with van der Waals surface area (Å²) in [5.74, 6) is 0. The molecule has 3 nitrogen and oxygen atoms in total. The Morgan fingerprint density at radius 3 is 2.50 bits per heavy atom. The number of aromatic nitrogens is 1. The Bertz CT molecular complexity index is 339. The standard InChI is InChI=1S/C14H26N2OS/c1-5-12-8-15-13(18-12)11(4)16-9-14(6-2,7-3)10-17/h8,11,16-17H,5-7,9-10H2,1-4H3. The molecule has 0 aliphatic heterocycles. The maximum Gasteiger partial charge on any atom is 0.109 e. The zero-order chi connectivity index (χ0) is 13.6. The molecule has 0 aromatic carbocycles. The van der Waals surface area contributed by atoms with Crippen LogP contribution in [0, 0.1) is 5.41 Å². The highest BCUT2D eigenvalue weighted by atomic mass is 32.1. The molecule has 0 aliphatic rings. The van der Waals surface area contributed by atoms with Crippen LogP contribution in [0.2, 0.25) is 0 Å². The Morgan fingerprint density at radius 2 is 2.06 bits per heavy atom. The second-order valence-electron chi connectivity index (χ2n) is 4.99. The van der Waals surface area contributed by atoms with Crippen LogP contribution < -0.4 is 5.32 Å². The topological polar surface area (TPSA) is 45.2 Å². The van der Waals surface area contributed by atoms with Crippen molar-refractivity contribution >= 4 is 11.3 Å². The molecular weight excluding hydrogens is 244 g/mol. The first-order chi connectivity index (χ1) is 8.60. The number of aliphatic hydroxyl groups excluding tert-OH is 1. The molecule has 0 aliphatic carbocycles. The van der Waals surface area contributed by atoms with Crippen molar-refractivity contribution in [2.24, 2.45) is 5.41 Å². The van der Waals surface area contributed by atoms with Gasteiger partial charge in [-0.15, -0.1) is 11.3 Å². The van der Waals surface area contributed by atoms with E-state index in [9.17, 15) is 5.11 Å². The number of rotatable bonds is 8. The van der Waals surface area contributed by atoms with Crippen molar-refractivity contribution in [3.05, 3.63) is 16.1 Å². The number of nitrogens with zero attached hydrogens (tertiary/aromatic N) is 1. The van der Waals surface area contributed by atoms with Crippen LogP contribution in [-0.2, 0) is 6.42 Å². The average Bonchev–Trinajstić information content (AvgIpc) is 2.89. The van der Waals surface area contributed by atoms with E-state index in [1.165, 1.54) is 4.88 Å². The summed E-state index contributed by atoms with van der Waals surface area (Å²) in [5, 5.41) is 14.2. The van der Waals surface area contributed by atoms with Crippen LogP contribution in [0.4, 0.5) is 0 Å². The van der Waals surface area contributed by atoms with Gasteiger partial charge in [-0.25, -0.2) is 4.98 Å². The third-order valence-corrected chi connectivity index (χ3v) is 5.23. The second kappa shape index (κ2) is 7.22. The monoisotopic (exact) mass is 270 g/mol. The van der Waals surface area contributed by atoms with E-state index in [1.54, 1.807) is 11.3 Å². The van der Waals surface area contributed by atoms with E-state index >= 15 is 0 Å². The highest BCUT2D eigenvalue weighted by molar-refractivity contribution is 7.11. The molecule has 1 atom stereocenters. The summed E-state index contributed by atoms with van der Waals surface area (Å²) in [4.78, 5) is 5.79. The maximum absolute atomic E-state index is 9.55. The molecule has 0 radical (unpaired) electrons. The van der Waals surface area contributed by atoms with Gasteiger partial charge in [0, 0.05) is 29.6 Å². The van der Waals surface area contributed by atoms with Gasteiger partial charge in [0.25, 0.3) is 0 Å². The number of hydrogen-bond acceptors (Lipinski definition) is 4. The zero-order valence-electron chi connectivity index (χ0n) is 12.0. The molecule has 0 fully saturated rings. The average molecular weight is 270 g/mol. The summed E-state index contributed by atoms with van der Waals surface area (Å²) < 4.78 is 0. The molecule has 0 saturated heterocycles. The Labute approximate surface area is 115 Å². The minimum Gasteiger partial charge on any atom is -0.396 e. The fourth-order valence-electron chi connectivity index (χ4n) is 1.92. The van der Waals surface area contributed by atoms with Crippen molar-refractivity contribution in [3.8, 4) is 0 Å². The van der Waals surface area contributed by atoms with Gasteiger partial charge in [0.2, 0.25) is 0 Å². The molecular formula is C14H26N2OS. The molecule has 0 bridgehead atoms. The minimum atomic E-state index is 0.0130. The zero-order valence-corrected chi connectivity index (χ0v) is 12.8. The van der Waals surface area contributed by atoms with Gasteiger partial charge in [-0.05, 0) is 26.2 Å². The van der Waals surface area contributed by atoms with Crippen molar-refractivity contribution in [3.63, 3.8) is 0 Å². The normalized spacial score (nSPS) is 13.8. The Hall–Kier alpha value is -0.450. The van der Waals surface area contributed by atoms with Crippen molar-refractivity contribution in [2.75, 3.05) is 13.2 Å². The summed E-state index contributed by atoms with van der Waals surface area (Å²) >= 11 is 1.78. The molecule has 1 aromatic rings. The van der Waals surface area contributed by atoms with Crippen LogP contribution in [0.1, 0.15) is 56.5 Å². The van der Waals surface area contributed by atoms with Crippen molar-refractivity contribution in [1.29, 1.82) is 0 Å². The summed E-state index contributed by atoms with van der Waals surface area (Å²) in [7, 11) is 0. The van der Waals surface area contributed by atoms with Crippen LogP contribution in [0.3, 0.4) is 0 Å². The molecule has 1 unspecified atom stereocenters. The number of hydrogen-bond donors (Lipinski definition) is 2. The molecule has 1 aromatic heterocycles. The quantitative estimate of drug-likeness (QED) is 0.762. The van der Waals surface area contributed by atoms with E-state index in [4.69, 9.17) is 0 Å². The SMILES string of the molecule is CCc1cnc(C(C)NCC(CC)(CC)CO)s1. The van der Waals surface area contributed by atoms with E-state index in [0.29, 0.717) is 0 Å². The molecule has 0 saturated carbocycles. The first-order valence-electron chi connectivity index (χ1n) is 6.89. The Balaban J connectivity index is 2.56. The largest absolute Gasteiger partial charge is 0.396 e. The van der Waals surface area contributed by atoms with E-state index in [2.05, 4.69) is 38.0 Å². The third kappa shape index (κ3) is 3.77. The molecule has 18 heavy (non-hydrogen) atoms. The molecule has 0 spiro atoms. The minimum absolute atomic E-state index is 0.0130. The lowest BCUT2D eigenvalue weighted by Crippen LogP contribution is -2.37. The molecule has 0 amide bonds. The predicted octanol–water partition coefficient (Wildman–Crippen LogP) is 3.15. The number of thiazole rings is 1. The van der Waals surface area contributed by atoms with Crippen molar-refractivity contribution in [1.82, 2.24) is 10.3 Å². The fourth-order valence-corrected chi connectivity index (χ4v) is 2.81. The lowest BCUT2D eigenvalue weighted by molar-refractivity contribution is 0.110. The van der Waals surface area contributed by atoms with E-state index < -0.39 is 0 Å². The molecule has 1 heterocycles. The summed E-state index contributed by atoms with van der Waals surface area (Å²) in [6, 6.07) is 0.263. The predicted molar refractivity (Wildman–Crippen MR) is 78.0 cm³/mol. The first-order valence-corrected chi connectivity index (χ1v) is 7.71. The Morgan fingerprint density at radius 1 is 1.39 bits per heavy atom. The fraction of sp³-hybridized carbons (Fsp3) is 0.786. The van der Waals surface area contributed by atoms with Gasteiger partial charge >= 0.3 is 0 Å². The van der Waals surface area contributed by atoms with E-state index in [1.807, 2.05) is 6.20 Å². The van der Waals surface area contributed by atoms with Gasteiger partial charge in [0.15, 0.2) is 0 Å². The highest BCUT2D eigenvalue weighted by Gasteiger charge is 2.26. The van der Waals surface area contributed by atoms with Crippen LogP contribution >= 0.6 is 11.3 Å². The van der Waals surface area contributed by atoms with Gasteiger partial charge in [-0.1, -0.05) is 20.8 Å². The molecule has 4 heteroatoms. The number of aryl methyl sites for hydroxylation is 1. The lowest BCUT2D eigenvalue weighted by atomic mass is 9.83. The lowest BCUT2D eigenvalue weighted by Gasteiger charge is -2.30. The van der Waals surface area contributed by atoms with Crippen LogP contribution in [0.25, 0.3) is 0 Å². The van der Waals surface area contributed by atoms with Gasteiger partial charge < -0.3 is 10.4 Å². The number of aliphatic hydroxyl groups is 1. The smallest absolute Gasteiger partial charge is 0.109 e. The van der Waals surface area contributed by atoms with Gasteiger partial charge in [0.1, 0.15) is 5.01 Å². The summed E-state index contributed by atoms with van der Waals surface area (Å²) in [6.07, 6.45) is 5.02. The van der Waals surface area contributed by atoms with Crippen LogP contribution in [0.15, 0.2) is 6.20 Å². The van der Waals surface area contributed by atoms with E-state index in [0.717, 1.165) is 30.8 Å². The van der Waals surface area contributed by atoms with Crippen molar-refractivity contribution < 1.29 is 5.11 Å². The summed E-state index contributed by atoms with van der Waals surface area (Å²) in [5.41, 5.74) is 0.0130. The summed E-state index contributed by atoms with van der Waals surface area (Å²) in [6.45, 7) is 9.68. The van der Waals surface area contributed by atoms with Gasteiger partial charge in [-0.3, -0.25) is 0 Å².